The fraction of sp³-hybridized carbons (Fsp3) is 0.381. The summed E-state index contributed by atoms with van der Waals surface area (Å²) in [6, 6.07) is 5.73. The van der Waals surface area contributed by atoms with E-state index in [0.717, 1.165) is 12.8 Å². The van der Waals surface area contributed by atoms with Crippen molar-refractivity contribution in [2.24, 2.45) is 5.92 Å². The van der Waals surface area contributed by atoms with Crippen LogP contribution in [0, 0.1) is 11.7 Å². The van der Waals surface area contributed by atoms with Gasteiger partial charge in [-0.05, 0) is 37.0 Å². The van der Waals surface area contributed by atoms with Crippen molar-refractivity contribution in [2.45, 2.75) is 12.8 Å². The molecule has 4 rings (SSSR count). The molecular formula is C21H23FN4O4. The Morgan fingerprint density at radius 2 is 2.17 bits per heavy atom. The third kappa shape index (κ3) is 4.20. The fourth-order valence-corrected chi connectivity index (χ4v) is 3.64. The van der Waals surface area contributed by atoms with Crippen molar-refractivity contribution in [3.05, 3.63) is 41.8 Å². The van der Waals surface area contributed by atoms with Crippen LogP contribution in [0.25, 0.3) is 0 Å². The molecule has 0 radical (unpaired) electrons. The highest BCUT2D eigenvalue weighted by atomic mass is 19.1. The van der Waals surface area contributed by atoms with E-state index in [4.69, 9.17) is 9.47 Å². The quantitative estimate of drug-likeness (QED) is 0.782. The summed E-state index contributed by atoms with van der Waals surface area (Å²) >= 11 is 0. The van der Waals surface area contributed by atoms with Crippen LogP contribution < -0.4 is 20.3 Å². The Kier molecular flexibility index (Phi) is 5.80. The number of pyridine rings is 1. The average molecular weight is 414 g/mol. The zero-order chi connectivity index (χ0) is 21.1. The first kappa shape index (κ1) is 20.1. The molecule has 30 heavy (non-hydrogen) atoms. The number of hydrogen-bond donors (Lipinski definition) is 2. The standard InChI is InChI=1S/C21H23FN4O4/c1-29-18-9-15(2-3-16(18)22)25-21(28)14-8-17-20(23-10-14)24-11-19(27)26(17)12-13-4-6-30-7-5-13/h2-3,8-10,13H,4-7,11-12H2,1H3,(H,23,24)(H,25,28). The lowest BCUT2D eigenvalue weighted by Crippen LogP contribution is -2.44. The van der Waals surface area contributed by atoms with Crippen molar-refractivity contribution in [1.29, 1.82) is 0 Å². The predicted molar refractivity (Wildman–Crippen MR) is 110 cm³/mol. The van der Waals surface area contributed by atoms with Crippen LogP contribution in [0.2, 0.25) is 0 Å². The Bertz CT molecular complexity index is 962. The van der Waals surface area contributed by atoms with Gasteiger partial charge in [-0.3, -0.25) is 9.59 Å². The maximum atomic E-state index is 13.6. The second-order valence-corrected chi connectivity index (χ2v) is 7.31. The van der Waals surface area contributed by atoms with Gasteiger partial charge in [0.2, 0.25) is 5.91 Å². The first-order valence-corrected chi connectivity index (χ1v) is 9.82. The summed E-state index contributed by atoms with van der Waals surface area (Å²) in [6.07, 6.45) is 3.24. The molecule has 3 heterocycles. The van der Waals surface area contributed by atoms with Gasteiger partial charge < -0.3 is 25.0 Å². The first-order chi connectivity index (χ1) is 14.5. The van der Waals surface area contributed by atoms with Crippen molar-refractivity contribution in [3.63, 3.8) is 0 Å². The van der Waals surface area contributed by atoms with E-state index in [1.54, 1.807) is 11.0 Å². The molecule has 0 atom stereocenters. The molecule has 2 aliphatic rings. The third-order valence-corrected chi connectivity index (χ3v) is 5.32. The normalized spacial score (nSPS) is 16.6. The van der Waals surface area contributed by atoms with Crippen molar-refractivity contribution in [2.75, 3.05) is 48.9 Å². The number of amides is 2. The summed E-state index contributed by atoms with van der Waals surface area (Å²) in [7, 11) is 1.36. The lowest BCUT2D eigenvalue weighted by atomic mass is 9.99. The molecule has 2 aliphatic heterocycles. The predicted octanol–water partition coefficient (Wildman–Crippen LogP) is 2.67. The number of fused-ring (bicyclic) bond motifs is 1. The number of rotatable bonds is 5. The number of nitrogens with zero attached hydrogens (tertiary/aromatic N) is 2. The van der Waals surface area contributed by atoms with E-state index in [2.05, 4.69) is 15.6 Å². The van der Waals surface area contributed by atoms with E-state index in [9.17, 15) is 14.0 Å². The summed E-state index contributed by atoms with van der Waals surface area (Å²) in [5, 5.41) is 5.71. The molecule has 2 amide bonds. The molecule has 2 aromatic rings. The summed E-state index contributed by atoms with van der Waals surface area (Å²) in [4.78, 5) is 31.3. The molecule has 0 unspecified atom stereocenters. The molecule has 2 N–H and O–H groups in total. The van der Waals surface area contributed by atoms with Crippen LogP contribution in [0.3, 0.4) is 0 Å². The number of ether oxygens (including phenoxy) is 2. The molecule has 9 heteroatoms. The van der Waals surface area contributed by atoms with E-state index in [1.165, 1.54) is 31.5 Å². The lowest BCUT2D eigenvalue weighted by molar-refractivity contribution is -0.117. The Balaban J connectivity index is 1.55. The summed E-state index contributed by atoms with van der Waals surface area (Å²) < 4.78 is 23.9. The van der Waals surface area contributed by atoms with Crippen LogP contribution in [0.1, 0.15) is 23.2 Å². The minimum absolute atomic E-state index is 0.0359. The average Bonchev–Trinajstić information content (AvgIpc) is 2.77. The number of hydrogen-bond acceptors (Lipinski definition) is 6. The zero-order valence-corrected chi connectivity index (χ0v) is 16.6. The maximum absolute atomic E-state index is 13.6. The Morgan fingerprint density at radius 3 is 2.93 bits per heavy atom. The second kappa shape index (κ2) is 8.66. The number of aromatic nitrogens is 1. The monoisotopic (exact) mass is 414 g/mol. The van der Waals surface area contributed by atoms with Crippen LogP contribution >= 0.6 is 0 Å². The van der Waals surface area contributed by atoms with Crippen LogP contribution in [0.15, 0.2) is 30.5 Å². The molecule has 8 nitrogen and oxygen atoms in total. The largest absolute Gasteiger partial charge is 0.494 e. The zero-order valence-electron chi connectivity index (χ0n) is 16.6. The van der Waals surface area contributed by atoms with Crippen molar-refractivity contribution < 1.29 is 23.5 Å². The van der Waals surface area contributed by atoms with Gasteiger partial charge in [-0.2, -0.15) is 0 Å². The van der Waals surface area contributed by atoms with E-state index >= 15 is 0 Å². The van der Waals surface area contributed by atoms with E-state index < -0.39 is 11.7 Å². The van der Waals surface area contributed by atoms with Gasteiger partial charge in [0, 0.05) is 37.7 Å². The number of methoxy groups -OCH3 is 1. The van der Waals surface area contributed by atoms with Crippen LogP contribution in [-0.2, 0) is 9.53 Å². The summed E-state index contributed by atoms with van der Waals surface area (Å²) in [5.74, 6) is -0.0350. The van der Waals surface area contributed by atoms with Gasteiger partial charge in [0.25, 0.3) is 5.91 Å². The molecule has 0 spiro atoms. The van der Waals surface area contributed by atoms with Gasteiger partial charge in [0.05, 0.1) is 24.9 Å². The van der Waals surface area contributed by atoms with E-state index in [-0.39, 0.29) is 18.2 Å². The van der Waals surface area contributed by atoms with E-state index in [1.807, 2.05) is 0 Å². The highest BCUT2D eigenvalue weighted by Gasteiger charge is 2.29. The first-order valence-electron chi connectivity index (χ1n) is 9.82. The number of benzene rings is 1. The second-order valence-electron chi connectivity index (χ2n) is 7.31. The molecular weight excluding hydrogens is 391 g/mol. The van der Waals surface area contributed by atoms with E-state index in [0.29, 0.717) is 48.4 Å². The SMILES string of the molecule is COc1cc(NC(=O)c2cnc3c(c2)N(CC2CCOCC2)C(=O)CN3)ccc1F. The van der Waals surface area contributed by atoms with Gasteiger partial charge in [-0.25, -0.2) is 9.37 Å². The number of carbonyl (C=O) groups is 2. The topological polar surface area (TPSA) is 92.8 Å². The van der Waals surface area contributed by atoms with Gasteiger partial charge in [0.15, 0.2) is 11.6 Å². The molecule has 0 bridgehead atoms. The minimum atomic E-state index is -0.515. The molecule has 1 saturated heterocycles. The van der Waals surface area contributed by atoms with Crippen LogP contribution in [-0.4, -0.2) is 50.2 Å². The van der Waals surface area contributed by atoms with Crippen molar-refractivity contribution in [3.8, 4) is 5.75 Å². The number of carbonyl (C=O) groups excluding carboxylic acids is 2. The van der Waals surface area contributed by atoms with Crippen LogP contribution in [0.5, 0.6) is 5.75 Å². The Morgan fingerprint density at radius 1 is 1.37 bits per heavy atom. The molecule has 1 aromatic carbocycles. The van der Waals surface area contributed by atoms with Gasteiger partial charge in [0.1, 0.15) is 5.82 Å². The van der Waals surface area contributed by atoms with Gasteiger partial charge >= 0.3 is 0 Å². The molecule has 1 aromatic heterocycles. The molecule has 158 valence electrons. The Labute approximate surface area is 173 Å². The van der Waals surface area contributed by atoms with Crippen molar-refractivity contribution >= 4 is 29.0 Å². The lowest BCUT2D eigenvalue weighted by Gasteiger charge is -2.33. The molecule has 0 saturated carbocycles. The van der Waals surface area contributed by atoms with Crippen LogP contribution in [0.4, 0.5) is 21.6 Å². The fourth-order valence-electron chi connectivity index (χ4n) is 3.64. The minimum Gasteiger partial charge on any atom is -0.494 e. The Hall–Kier alpha value is -3.20. The molecule has 0 aliphatic carbocycles. The van der Waals surface area contributed by atoms with Gasteiger partial charge in [-0.15, -0.1) is 0 Å². The summed E-state index contributed by atoms with van der Waals surface area (Å²) in [5.41, 5.74) is 1.27. The highest BCUT2D eigenvalue weighted by Crippen LogP contribution is 2.31. The molecule has 1 fully saturated rings. The van der Waals surface area contributed by atoms with Crippen molar-refractivity contribution in [1.82, 2.24) is 4.98 Å². The summed E-state index contributed by atoms with van der Waals surface area (Å²) in [6.45, 7) is 2.13. The number of nitrogens with one attached hydrogen (secondary N) is 2. The third-order valence-electron chi connectivity index (χ3n) is 5.32. The maximum Gasteiger partial charge on any atom is 0.257 e. The van der Waals surface area contributed by atoms with Gasteiger partial charge in [-0.1, -0.05) is 0 Å². The number of anilines is 3. The smallest absolute Gasteiger partial charge is 0.257 e. The number of halogens is 1. The highest BCUT2D eigenvalue weighted by molar-refractivity contribution is 6.07.